The molecule has 3 aliphatic rings. The summed E-state index contributed by atoms with van der Waals surface area (Å²) in [7, 11) is 0. The summed E-state index contributed by atoms with van der Waals surface area (Å²) >= 11 is 0. The van der Waals surface area contributed by atoms with Crippen LogP contribution < -0.4 is 0 Å². The van der Waals surface area contributed by atoms with Crippen LogP contribution in [-0.4, -0.2) is 45.7 Å². The van der Waals surface area contributed by atoms with Gasteiger partial charge in [0.05, 0.1) is 24.7 Å². The molecule has 128 valence electrons. The summed E-state index contributed by atoms with van der Waals surface area (Å²) in [6, 6.07) is 0. The molecule has 5 heteroatoms. The molecule has 1 aliphatic heterocycles. The summed E-state index contributed by atoms with van der Waals surface area (Å²) in [5.41, 5.74) is 1.01. The summed E-state index contributed by atoms with van der Waals surface area (Å²) < 4.78 is 5.36. The van der Waals surface area contributed by atoms with Gasteiger partial charge in [-0.25, -0.2) is 0 Å². The third kappa shape index (κ3) is 3.67. The van der Waals surface area contributed by atoms with Crippen LogP contribution in [0.2, 0.25) is 0 Å². The molecular formula is C18H26O5. The van der Waals surface area contributed by atoms with E-state index in [2.05, 4.69) is 13.0 Å². The first-order chi connectivity index (χ1) is 10.9. The summed E-state index contributed by atoms with van der Waals surface area (Å²) in [4.78, 5) is 11.5. The molecule has 5 nitrogen and oxygen atoms in total. The van der Waals surface area contributed by atoms with Crippen LogP contribution in [0.25, 0.3) is 0 Å². The van der Waals surface area contributed by atoms with Gasteiger partial charge in [0, 0.05) is 18.8 Å². The zero-order valence-electron chi connectivity index (χ0n) is 13.5. The van der Waals surface area contributed by atoms with Crippen molar-refractivity contribution in [2.45, 2.75) is 63.4 Å². The van der Waals surface area contributed by atoms with Gasteiger partial charge in [-0.15, -0.1) is 0 Å². The number of esters is 1. The number of fused-ring (bicyclic) bond motifs is 1. The summed E-state index contributed by atoms with van der Waals surface area (Å²) in [5, 5.41) is 30.0. The fourth-order valence-corrected chi connectivity index (χ4v) is 4.41. The second-order valence-corrected chi connectivity index (χ2v) is 7.28. The molecule has 2 aliphatic carbocycles. The zero-order valence-corrected chi connectivity index (χ0v) is 13.5. The minimum absolute atomic E-state index is 0.0302. The lowest BCUT2D eigenvalue weighted by Gasteiger charge is -2.41. The molecule has 0 radical (unpaired) electrons. The lowest BCUT2D eigenvalue weighted by molar-refractivity contribution is -0.161. The van der Waals surface area contributed by atoms with E-state index in [0.717, 1.165) is 12.0 Å². The molecule has 0 aromatic carbocycles. The predicted molar refractivity (Wildman–Crippen MR) is 84.4 cm³/mol. The molecule has 3 N–H and O–H groups in total. The van der Waals surface area contributed by atoms with Crippen molar-refractivity contribution in [3.63, 3.8) is 0 Å². The van der Waals surface area contributed by atoms with Crippen LogP contribution in [0, 0.1) is 17.8 Å². The van der Waals surface area contributed by atoms with Gasteiger partial charge in [0.15, 0.2) is 0 Å². The molecule has 0 spiro atoms. The molecule has 0 unspecified atom stereocenters. The predicted octanol–water partition coefficient (Wildman–Crippen LogP) is 1.32. The van der Waals surface area contributed by atoms with E-state index in [4.69, 9.17) is 4.74 Å². The fourth-order valence-electron chi connectivity index (χ4n) is 4.41. The highest BCUT2D eigenvalue weighted by atomic mass is 16.5. The molecule has 7 atom stereocenters. The van der Waals surface area contributed by atoms with E-state index in [1.165, 1.54) is 0 Å². The van der Waals surface area contributed by atoms with E-state index in [9.17, 15) is 20.1 Å². The molecule has 1 saturated heterocycles. The first-order valence-electron chi connectivity index (χ1n) is 8.56. The van der Waals surface area contributed by atoms with Crippen molar-refractivity contribution < 1.29 is 24.9 Å². The Morgan fingerprint density at radius 2 is 2.09 bits per heavy atom. The van der Waals surface area contributed by atoms with Crippen LogP contribution in [0.5, 0.6) is 0 Å². The van der Waals surface area contributed by atoms with E-state index in [1.807, 2.05) is 12.2 Å². The van der Waals surface area contributed by atoms with Gasteiger partial charge < -0.3 is 20.1 Å². The molecule has 23 heavy (non-hydrogen) atoms. The van der Waals surface area contributed by atoms with Gasteiger partial charge in [-0.2, -0.15) is 0 Å². The monoisotopic (exact) mass is 322 g/mol. The largest absolute Gasteiger partial charge is 0.462 e. The maximum Gasteiger partial charge on any atom is 0.308 e. The maximum absolute atomic E-state index is 11.5. The van der Waals surface area contributed by atoms with Crippen LogP contribution in [0.4, 0.5) is 0 Å². The minimum Gasteiger partial charge on any atom is -0.462 e. The number of aliphatic hydroxyl groups excluding tert-OH is 3. The van der Waals surface area contributed by atoms with Crippen molar-refractivity contribution >= 4 is 5.97 Å². The first-order valence-corrected chi connectivity index (χ1v) is 8.56. The smallest absolute Gasteiger partial charge is 0.308 e. The van der Waals surface area contributed by atoms with Gasteiger partial charge in [0.25, 0.3) is 0 Å². The van der Waals surface area contributed by atoms with Crippen molar-refractivity contribution in [2.24, 2.45) is 17.8 Å². The Kier molecular flexibility index (Phi) is 4.90. The highest BCUT2D eigenvalue weighted by molar-refractivity contribution is 5.70. The highest BCUT2D eigenvalue weighted by Gasteiger charge is 2.40. The van der Waals surface area contributed by atoms with Gasteiger partial charge >= 0.3 is 5.97 Å². The van der Waals surface area contributed by atoms with Crippen molar-refractivity contribution in [3.8, 4) is 0 Å². The van der Waals surface area contributed by atoms with Gasteiger partial charge in [-0.05, 0) is 30.3 Å². The third-order valence-corrected chi connectivity index (χ3v) is 5.45. The Morgan fingerprint density at radius 1 is 1.30 bits per heavy atom. The summed E-state index contributed by atoms with van der Waals surface area (Å²) in [5.74, 6) is 0.210. The van der Waals surface area contributed by atoms with Crippen LogP contribution in [0.15, 0.2) is 23.8 Å². The van der Waals surface area contributed by atoms with Crippen LogP contribution in [0.1, 0.15) is 39.0 Å². The molecule has 0 aromatic heterocycles. The molecule has 0 aromatic rings. The molecule has 1 heterocycles. The van der Waals surface area contributed by atoms with Crippen molar-refractivity contribution in [3.05, 3.63) is 23.8 Å². The third-order valence-electron chi connectivity index (χ3n) is 5.45. The number of aliphatic hydroxyl groups is 3. The SMILES string of the molecule is C[C@@H](C[C@@H]1C[C@@H](O)CC(=O)O1)[C@@H]1CC=CC2=C[C@@H](O)C[C@H](O)[C@@H]21. The molecular weight excluding hydrogens is 296 g/mol. The minimum atomic E-state index is -0.606. The second kappa shape index (κ2) is 6.75. The van der Waals surface area contributed by atoms with Crippen molar-refractivity contribution in [1.82, 2.24) is 0 Å². The number of hydrogen-bond acceptors (Lipinski definition) is 5. The van der Waals surface area contributed by atoms with Gasteiger partial charge in [0.2, 0.25) is 0 Å². The van der Waals surface area contributed by atoms with Gasteiger partial charge in [-0.3, -0.25) is 4.79 Å². The first kappa shape index (κ1) is 16.7. The average Bonchev–Trinajstić information content (AvgIpc) is 2.45. The second-order valence-electron chi connectivity index (χ2n) is 7.28. The Labute approximate surface area is 136 Å². The molecule has 3 rings (SSSR count). The quantitative estimate of drug-likeness (QED) is 0.682. The number of allylic oxidation sites excluding steroid dienone is 2. The van der Waals surface area contributed by atoms with Crippen LogP contribution in [-0.2, 0) is 9.53 Å². The Bertz CT molecular complexity index is 512. The van der Waals surface area contributed by atoms with Gasteiger partial charge in [0.1, 0.15) is 6.10 Å². The summed E-state index contributed by atoms with van der Waals surface area (Å²) in [6.07, 6.45) is 6.50. The summed E-state index contributed by atoms with van der Waals surface area (Å²) in [6.45, 7) is 2.12. The van der Waals surface area contributed by atoms with Crippen molar-refractivity contribution in [2.75, 3.05) is 0 Å². The Balaban J connectivity index is 1.69. The highest BCUT2D eigenvalue weighted by Crippen LogP contribution is 2.42. The lowest BCUT2D eigenvalue weighted by Crippen LogP contribution is -2.41. The molecule has 0 bridgehead atoms. The number of cyclic esters (lactones) is 1. The number of ether oxygens (including phenoxy) is 1. The maximum atomic E-state index is 11.5. The van der Waals surface area contributed by atoms with E-state index in [0.29, 0.717) is 19.3 Å². The lowest BCUT2D eigenvalue weighted by atomic mass is 9.66. The van der Waals surface area contributed by atoms with Gasteiger partial charge in [-0.1, -0.05) is 25.2 Å². The number of hydrogen-bond donors (Lipinski definition) is 3. The number of carbonyl (C=O) groups excluding carboxylic acids is 1. The molecule has 0 saturated carbocycles. The average molecular weight is 322 g/mol. The number of carbonyl (C=O) groups is 1. The Hall–Kier alpha value is -1.17. The zero-order chi connectivity index (χ0) is 16.6. The van der Waals surface area contributed by atoms with E-state index >= 15 is 0 Å². The standard InChI is InChI=1S/C18H26O5/c1-10(5-14-7-13(20)9-17(22)23-14)15-4-2-3-11-6-12(19)8-16(21)18(11)15/h2-3,6,10,12-16,18-21H,4-5,7-9H2,1H3/t10-,12+,13+,14+,15-,16-,18-/m0/s1. The molecule has 1 fully saturated rings. The van der Waals surface area contributed by atoms with Crippen LogP contribution >= 0.6 is 0 Å². The van der Waals surface area contributed by atoms with Crippen molar-refractivity contribution in [1.29, 1.82) is 0 Å². The molecule has 0 amide bonds. The topological polar surface area (TPSA) is 87.0 Å². The fraction of sp³-hybridized carbons (Fsp3) is 0.722. The van der Waals surface area contributed by atoms with E-state index in [1.54, 1.807) is 0 Å². The Morgan fingerprint density at radius 3 is 2.83 bits per heavy atom. The van der Waals surface area contributed by atoms with E-state index < -0.39 is 18.3 Å². The van der Waals surface area contributed by atoms with E-state index in [-0.39, 0.29) is 36.2 Å². The normalized spacial score (nSPS) is 41.7. The number of rotatable bonds is 3. The van der Waals surface area contributed by atoms with Crippen LogP contribution in [0.3, 0.4) is 0 Å².